The predicted octanol–water partition coefficient (Wildman–Crippen LogP) is 1.82. The van der Waals surface area contributed by atoms with Crippen molar-refractivity contribution in [2.75, 3.05) is 7.11 Å². The van der Waals surface area contributed by atoms with E-state index >= 15 is 0 Å². The first kappa shape index (κ1) is 6.96. The van der Waals surface area contributed by atoms with Gasteiger partial charge in [0, 0.05) is 7.11 Å². The Morgan fingerprint density at radius 1 is 1.57 bits per heavy atom. The van der Waals surface area contributed by atoms with Crippen molar-refractivity contribution in [3.05, 3.63) is 0 Å². The van der Waals surface area contributed by atoms with Crippen molar-refractivity contribution in [2.45, 2.75) is 32.8 Å². The van der Waals surface area contributed by atoms with Gasteiger partial charge in [-0.25, -0.2) is 0 Å². The molecule has 0 aromatic heterocycles. The summed E-state index contributed by atoms with van der Waals surface area (Å²) in [5.74, 6) is 0. The monoisotopic (exact) mass is 102 g/mol. The fraction of sp³-hybridized carbons (Fsp3) is 1.00. The van der Waals surface area contributed by atoms with Crippen LogP contribution in [0.4, 0.5) is 0 Å². The number of hydrogen-bond acceptors (Lipinski definition) is 1. The van der Waals surface area contributed by atoms with Gasteiger partial charge in [0.25, 0.3) is 0 Å². The second-order valence-electron chi connectivity index (χ2n) is 1.83. The van der Waals surface area contributed by atoms with Gasteiger partial charge in [-0.2, -0.15) is 0 Å². The summed E-state index contributed by atoms with van der Waals surface area (Å²) in [6.45, 7) is 4.25. The van der Waals surface area contributed by atoms with Crippen LogP contribution in [-0.2, 0) is 4.74 Å². The molecule has 0 rings (SSSR count). The summed E-state index contributed by atoms with van der Waals surface area (Å²) in [5.41, 5.74) is 0. The van der Waals surface area contributed by atoms with E-state index in [2.05, 4.69) is 13.8 Å². The second kappa shape index (κ2) is 4.13. The molecule has 0 saturated heterocycles. The van der Waals surface area contributed by atoms with E-state index in [0.29, 0.717) is 6.10 Å². The first-order chi connectivity index (χ1) is 3.31. The molecule has 0 saturated carbocycles. The van der Waals surface area contributed by atoms with Gasteiger partial charge in [0.15, 0.2) is 0 Å². The van der Waals surface area contributed by atoms with Gasteiger partial charge in [-0.05, 0) is 13.3 Å². The molecule has 1 nitrogen and oxygen atoms in total. The van der Waals surface area contributed by atoms with Crippen LogP contribution in [0.5, 0.6) is 0 Å². The normalized spacial score (nSPS) is 14.1. The summed E-state index contributed by atoms with van der Waals surface area (Å²) in [7, 11) is 1.75. The molecule has 7 heavy (non-hydrogen) atoms. The molecule has 0 radical (unpaired) electrons. The van der Waals surface area contributed by atoms with Gasteiger partial charge >= 0.3 is 0 Å². The van der Waals surface area contributed by atoms with Crippen LogP contribution in [0.1, 0.15) is 26.7 Å². The Morgan fingerprint density at radius 2 is 2.14 bits per heavy atom. The molecular weight excluding hydrogens is 88.1 g/mol. The quantitative estimate of drug-likeness (QED) is 0.528. The van der Waals surface area contributed by atoms with E-state index < -0.39 is 0 Å². The van der Waals surface area contributed by atoms with Gasteiger partial charge in [0.1, 0.15) is 0 Å². The van der Waals surface area contributed by atoms with Crippen LogP contribution in [0.15, 0.2) is 0 Å². The molecular formula is C6H14O. The smallest absolute Gasteiger partial charge is 0.0543 e. The van der Waals surface area contributed by atoms with Gasteiger partial charge in [0.05, 0.1) is 6.10 Å². The van der Waals surface area contributed by atoms with Gasteiger partial charge < -0.3 is 4.74 Å². The van der Waals surface area contributed by atoms with E-state index in [9.17, 15) is 0 Å². The zero-order chi connectivity index (χ0) is 5.70. The average Bonchev–Trinajstić information content (AvgIpc) is 1.68. The Balaban J connectivity index is 2.83. The molecule has 0 unspecified atom stereocenters. The van der Waals surface area contributed by atoms with Crippen LogP contribution in [0.3, 0.4) is 0 Å². The first-order valence-electron chi connectivity index (χ1n) is 2.84. The molecule has 0 N–H and O–H groups in total. The number of ether oxygens (including phenoxy) is 1. The Kier molecular flexibility index (Phi) is 4.10. The molecule has 0 aliphatic carbocycles. The lowest BCUT2D eigenvalue weighted by atomic mass is 10.2. The summed E-state index contributed by atoms with van der Waals surface area (Å²) >= 11 is 0. The minimum atomic E-state index is 0.449. The fourth-order valence-corrected chi connectivity index (χ4v) is 0.524. The Labute approximate surface area is 45.7 Å². The van der Waals surface area contributed by atoms with E-state index in [1.165, 1.54) is 12.8 Å². The molecule has 0 aliphatic rings. The third-order valence-electron chi connectivity index (χ3n) is 1.10. The SMILES string of the molecule is CCC[C@@H](C)OC. The van der Waals surface area contributed by atoms with Crippen molar-refractivity contribution in [1.82, 2.24) is 0 Å². The highest BCUT2D eigenvalue weighted by molar-refractivity contribution is 4.43. The van der Waals surface area contributed by atoms with E-state index in [0.717, 1.165) is 0 Å². The van der Waals surface area contributed by atoms with Crippen molar-refractivity contribution in [3.8, 4) is 0 Å². The van der Waals surface area contributed by atoms with Gasteiger partial charge in [-0.1, -0.05) is 13.3 Å². The van der Waals surface area contributed by atoms with Crippen molar-refractivity contribution in [1.29, 1.82) is 0 Å². The van der Waals surface area contributed by atoms with Crippen LogP contribution in [0, 0.1) is 0 Å². The molecule has 1 atom stereocenters. The third kappa shape index (κ3) is 3.80. The second-order valence-corrected chi connectivity index (χ2v) is 1.83. The zero-order valence-electron chi connectivity index (χ0n) is 5.40. The van der Waals surface area contributed by atoms with Crippen molar-refractivity contribution >= 4 is 0 Å². The van der Waals surface area contributed by atoms with Crippen LogP contribution < -0.4 is 0 Å². The highest BCUT2D eigenvalue weighted by atomic mass is 16.5. The topological polar surface area (TPSA) is 9.23 Å². The molecule has 0 aromatic carbocycles. The summed E-state index contributed by atoms with van der Waals surface area (Å²) in [5, 5.41) is 0. The fourth-order valence-electron chi connectivity index (χ4n) is 0.524. The van der Waals surface area contributed by atoms with Crippen LogP contribution >= 0.6 is 0 Å². The third-order valence-corrected chi connectivity index (χ3v) is 1.10. The zero-order valence-corrected chi connectivity index (χ0v) is 5.40. The molecule has 0 heterocycles. The lowest BCUT2D eigenvalue weighted by Gasteiger charge is -2.04. The number of rotatable bonds is 3. The Morgan fingerprint density at radius 3 is 2.29 bits per heavy atom. The standard InChI is InChI=1S/C6H14O/c1-4-5-6(2)7-3/h6H,4-5H2,1-3H3/t6-/m1/s1. The van der Waals surface area contributed by atoms with Crippen molar-refractivity contribution < 1.29 is 4.74 Å². The predicted molar refractivity (Wildman–Crippen MR) is 31.4 cm³/mol. The molecule has 0 bridgehead atoms. The minimum Gasteiger partial charge on any atom is -0.382 e. The highest BCUT2D eigenvalue weighted by Crippen LogP contribution is 1.96. The molecule has 0 aliphatic heterocycles. The lowest BCUT2D eigenvalue weighted by molar-refractivity contribution is 0.110. The summed E-state index contributed by atoms with van der Waals surface area (Å²) in [6, 6.07) is 0. The Hall–Kier alpha value is -0.0400. The van der Waals surface area contributed by atoms with Crippen molar-refractivity contribution in [2.24, 2.45) is 0 Å². The maximum Gasteiger partial charge on any atom is 0.0543 e. The maximum atomic E-state index is 4.99. The molecule has 0 amide bonds. The molecule has 1 heteroatoms. The van der Waals surface area contributed by atoms with E-state index in [1.54, 1.807) is 7.11 Å². The van der Waals surface area contributed by atoms with Gasteiger partial charge in [-0.3, -0.25) is 0 Å². The lowest BCUT2D eigenvalue weighted by Crippen LogP contribution is -2.02. The largest absolute Gasteiger partial charge is 0.382 e. The number of methoxy groups -OCH3 is 1. The molecule has 0 aromatic rings. The number of hydrogen-bond donors (Lipinski definition) is 0. The first-order valence-corrected chi connectivity index (χ1v) is 2.84. The van der Waals surface area contributed by atoms with Crippen LogP contribution in [0.2, 0.25) is 0 Å². The average molecular weight is 102 g/mol. The summed E-state index contributed by atoms with van der Waals surface area (Å²) < 4.78 is 4.99. The van der Waals surface area contributed by atoms with Crippen molar-refractivity contribution in [3.63, 3.8) is 0 Å². The van der Waals surface area contributed by atoms with Gasteiger partial charge in [-0.15, -0.1) is 0 Å². The van der Waals surface area contributed by atoms with E-state index in [4.69, 9.17) is 4.74 Å². The maximum absolute atomic E-state index is 4.99. The molecule has 44 valence electrons. The van der Waals surface area contributed by atoms with E-state index in [1.807, 2.05) is 0 Å². The van der Waals surface area contributed by atoms with Crippen LogP contribution in [0.25, 0.3) is 0 Å². The molecule has 0 fully saturated rings. The van der Waals surface area contributed by atoms with E-state index in [-0.39, 0.29) is 0 Å². The summed E-state index contributed by atoms with van der Waals surface area (Å²) in [6.07, 6.45) is 2.84. The highest BCUT2D eigenvalue weighted by Gasteiger charge is 1.92. The summed E-state index contributed by atoms with van der Waals surface area (Å²) in [4.78, 5) is 0. The molecule has 0 spiro atoms. The van der Waals surface area contributed by atoms with Crippen LogP contribution in [-0.4, -0.2) is 13.2 Å². The Bertz CT molecular complexity index is 35.2. The minimum absolute atomic E-state index is 0.449. The van der Waals surface area contributed by atoms with Gasteiger partial charge in [0.2, 0.25) is 0 Å².